The number of hydrogen-bond donors (Lipinski definition) is 2. The van der Waals surface area contributed by atoms with Crippen LogP contribution in [-0.2, 0) is 6.42 Å². The quantitative estimate of drug-likeness (QED) is 0.610. The van der Waals surface area contributed by atoms with Crippen LogP contribution in [0.2, 0.25) is 0 Å². The molecule has 1 fully saturated rings. The molecule has 1 saturated carbocycles. The standard InChI is InChI=1S/C14H20BrFN2S/c15-11-5-6-14(16)10(7-11)8-12(18-17)9-19-13-3-1-2-4-13/h5-7,12-13,18H,1-4,8-9,17H2. The Bertz CT molecular complexity index is 410. The summed E-state index contributed by atoms with van der Waals surface area (Å²) in [5, 5.41) is 0.767. The first-order valence-corrected chi connectivity index (χ1v) is 8.55. The van der Waals surface area contributed by atoms with Crippen molar-refractivity contribution in [3.8, 4) is 0 Å². The lowest BCUT2D eigenvalue weighted by Gasteiger charge is -2.18. The molecule has 1 aromatic carbocycles. The molecule has 0 radical (unpaired) electrons. The predicted molar refractivity (Wildman–Crippen MR) is 83.6 cm³/mol. The first-order chi connectivity index (χ1) is 9.19. The van der Waals surface area contributed by atoms with Gasteiger partial charge in [-0.2, -0.15) is 11.8 Å². The Hall–Kier alpha value is -0.100. The van der Waals surface area contributed by atoms with Gasteiger partial charge in [-0.15, -0.1) is 0 Å². The highest BCUT2D eigenvalue weighted by molar-refractivity contribution is 9.10. The van der Waals surface area contributed by atoms with Crippen molar-refractivity contribution in [2.75, 3.05) is 5.75 Å². The van der Waals surface area contributed by atoms with Crippen LogP contribution in [0.3, 0.4) is 0 Å². The maximum Gasteiger partial charge on any atom is 0.126 e. The van der Waals surface area contributed by atoms with Gasteiger partial charge in [0.1, 0.15) is 5.82 Å². The van der Waals surface area contributed by atoms with Crippen molar-refractivity contribution in [2.24, 2.45) is 5.84 Å². The molecular formula is C14H20BrFN2S. The molecule has 1 aliphatic rings. The van der Waals surface area contributed by atoms with Crippen LogP contribution in [0.4, 0.5) is 4.39 Å². The number of halogens is 2. The summed E-state index contributed by atoms with van der Waals surface area (Å²) in [4.78, 5) is 0. The lowest BCUT2D eigenvalue weighted by atomic mass is 10.1. The minimum Gasteiger partial charge on any atom is -0.271 e. The predicted octanol–water partition coefficient (Wildman–Crippen LogP) is 3.64. The first kappa shape index (κ1) is 15.3. The Labute approximate surface area is 126 Å². The van der Waals surface area contributed by atoms with Crippen LogP contribution in [0, 0.1) is 5.82 Å². The average Bonchev–Trinajstić information content (AvgIpc) is 2.91. The number of hydrazine groups is 1. The van der Waals surface area contributed by atoms with E-state index in [9.17, 15) is 4.39 Å². The number of nitrogens with one attached hydrogen (secondary N) is 1. The molecular weight excluding hydrogens is 327 g/mol. The van der Waals surface area contributed by atoms with E-state index in [1.807, 2.05) is 17.8 Å². The van der Waals surface area contributed by atoms with Crippen LogP contribution in [-0.4, -0.2) is 17.0 Å². The summed E-state index contributed by atoms with van der Waals surface area (Å²) >= 11 is 5.35. The molecule has 0 aliphatic heterocycles. The molecule has 0 saturated heterocycles. The van der Waals surface area contributed by atoms with Gasteiger partial charge in [0.2, 0.25) is 0 Å². The van der Waals surface area contributed by atoms with Crippen molar-refractivity contribution in [3.05, 3.63) is 34.1 Å². The van der Waals surface area contributed by atoms with E-state index in [-0.39, 0.29) is 11.9 Å². The summed E-state index contributed by atoms with van der Waals surface area (Å²) in [6, 6.07) is 5.17. The van der Waals surface area contributed by atoms with E-state index in [1.165, 1.54) is 31.7 Å². The smallest absolute Gasteiger partial charge is 0.126 e. The van der Waals surface area contributed by atoms with Crippen molar-refractivity contribution >= 4 is 27.7 Å². The topological polar surface area (TPSA) is 38.0 Å². The molecule has 19 heavy (non-hydrogen) atoms. The van der Waals surface area contributed by atoms with Crippen LogP contribution < -0.4 is 11.3 Å². The summed E-state index contributed by atoms with van der Waals surface area (Å²) in [6.07, 6.45) is 5.94. The minimum absolute atomic E-state index is 0.120. The van der Waals surface area contributed by atoms with Crippen LogP contribution >= 0.6 is 27.7 Å². The fourth-order valence-corrected chi connectivity index (χ4v) is 4.23. The molecule has 2 rings (SSSR count). The molecule has 0 aromatic heterocycles. The lowest BCUT2D eigenvalue weighted by Crippen LogP contribution is -2.39. The Morgan fingerprint density at radius 3 is 2.84 bits per heavy atom. The normalized spacial score (nSPS) is 17.8. The molecule has 0 spiro atoms. The minimum atomic E-state index is -0.158. The molecule has 3 N–H and O–H groups in total. The maximum atomic E-state index is 13.7. The van der Waals surface area contributed by atoms with Crippen molar-refractivity contribution in [1.29, 1.82) is 0 Å². The highest BCUT2D eigenvalue weighted by Gasteiger charge is 2.18. The van der Waals surface area contributed by atoms with E-state index in [0.717, 1.165) is 15.5 Å². The van der Waals surface area contributed by atoms with E-state index in [1.54, 1.807) is 6.07 Å². The second kappa shape index (κ2) is 7.62. The van der Waals surface area contributed by atoms with Crippen molar-refractivity contribution in [3.63, 3.8) is 0 Å². The van der Waals surface area contributed by atoms with Crippen LogP contribution in [0.15, 0.2) is 22.7 Å². The Morgan fingerprint density at radius 2 is 2.16 bits per heavy atom. The van der Waals surface area contributed by atoms with Gasteiger partial charge in [-0.25, -0.2) is 4.39 Å². The van der Waals surface area contributed by atoms with Gasteiger partial charge in [0.15, 0.2) is 0 Å². The molecule has 1 aromatic rings. The fourth-order valence-electron chi connectivity index (χ4n) is 2.44. The van der Waals surface area contributed by atoms with E-state index in [2.05, 4.69) is 21.4 Å². The third-order valence-corrected chi connectivity index (χ3v) is 5.58. The zero-order valence-electron chi connectivity index (χ0n) is 10.9. The van der Waals surface area contributed by atoms with Gasteiger partial charge in [0.05, 0.1) is 0 Å². The van der Waals surface area contributed by atoms with Crippen molar-refractivity contribution in [2.45, 2.75) is 43.4 Å². The highest BCUT2D eigenvalue weighted by Crippen LogP contribution is 2.30. The number of rotatable bonds is 6. The highest BCUT2D eigenvalue weighted by atomic mass is 79.9. The monoisotopic (exact) mass is 346 g/mol. The second-order valence-corrected chi connectivity index (χ2v) is 7.29. The largest absolute Gasteiger partial charge is 0.271 e. The second-order valence-electron chi connectivity index (χ2n) is 5.04. The molecule has 106 valence electrons. The lowest BCUT2D eigenvalue weighted by molar-refractivity contribution is 0.546. The SMILES string of the molecule is NNC(CSC1CCCC1)Cc1cc(Br)ccc1F. The summed E-state index contributed by atoms with van der Waals surface area (Å²) in [5.74, 6) is 6.38. The molecule has 0 amide bonds. The van der Waals surface area contributed by atoms with Crippen LogP contribution in [0.5, 0.6) is 0 Å². The third kappa shape index (κ3) is 4.74. The van der Waals surface area contributed by atoms with Gasteiger partial charge in [-0.1, -0.05) is 28.8 Å². The number of nitrogens with two attached hydrogens (primary N) is 1. The number of hydrogen-bond acceptors (Lipinski definition) is 3. The Kier molecular flexibility index (Phi) is 6.13. The fraction of sp³-hybridized carbons (Fsp3) is 0.571. The van der Waals surface area contributed by atoms with Gasteiger partial charge in [-0.05, 0) is 43.0 Å². The molecule has 2 nitrogen and oxygen atoms in total. The molecule has 0 bridgehead atoms. The zero-order valence-corrected chi connectivity index (χ0v) is 13.3. The third-order valence-electron chi connectivity index (χ3n) is 3.55. The number of thioether (sulfide) groups is 1. The van der Waals surface area contributed by atoms with Gasteiger partial charge >= 0.3 is 0 Å². The summed E-state index contributed by atoms with van der Waals surface area (Å²) < 4.78 is 14.6. The first-order valence-electron chi connectivity index (χ1n) is 6.70. The molecule has 1 atom stereocenters. The van der Waals surface area contributed by atoms with Crippen LogP contribution in [0.1, 0.15) is 31.2 Å². The summed E-state index contributed by atoms with van der Waals surface area (Å²) in [6.45, 7) is 0. The molecule has 5 heteroatoms. The van der Waals surface area contributed by atoms with Crippen molar-refractivity contribution in [1.82, 2.24) is 5.43 Å². The Morgan fingerprint density at radius 1 is 1.42 bits per heavy atom. The molecule has 1 aliphatic carbocycles. The average molecular weight is 347 g/mol. The van der Waals surface area contributed by atoms with E-state index < -0.39 is 0 Å². The van der Waals surface area contributed by atoms with E-state index in [0.29, 0.717) is 12.0 Å². The summed E-state index contributed by atoms with van der Waals surface area (Å²) in [5.41, 5.74) is 3.53. The van der Waals surface area contributed by atoms with E-state index >= 15 is 0 Å². The van der Waals surface area contributed by atoms with Crippen LogP contribution in [0.25, 0.3) is 0 Å². The number of benzene rings is 1. The molecule has 0 heterocycles. The van der Waals surface area contributed by atoms with E-state index in [4.69, 9.17) is 5.84 Å². The molecule has 1 unspecified atom stereocenters. The summed E-state index contributed by atoms with van der Waals surface area (Å²) in [7, 11) is 0. The Balaban J connectivity index is 1.88. The zero-order chi connectivity index (χ0) is 13.7. The van der Waals surface area contributed by atoms with Gasteiger partial charge in [-0.3, -0.25) is 11.3 Å². The van der Waals surface area contributed by atoms with Gasteiger partial charge < -0.3 is 0 Å². The maximum absolute atomic E-state index is 13.7. The van der Waals surface area contributed by atoms with Gasteiger partial charge in [0, 0.05) is 21.5 Å². The van der Waals surface area contributed by atoms with Gasteiger partial charge in [0.25, 0.3) is 0 Å². The van der Waals surface area contributed by atoms with Crippen molar-refractivity contribution < 1.29 is 4.39 Å².